The van der Waals surface area contributed by atoms with Gasteiger partial charge in [0.15, 0.2) is 5.82 Å². The summed E-state index contributed by atoms with van der Waals surface area (Å²) in [5.74, 6) is -0.0913. The number of para-hydroxylation sites is 2. The average Bonchev–Trinajstić information content (AvgIpc) is 2.84. The molecule has 0 saturated carbocycles. The van der Waals surface area contributed by atoms with Gasteiger partial charge in [-0.1, -0.05) is 19.1 Å². The van der Waals surface area contributed by atoms with Crippen LogP contribution < -0.4 is 4.74 Å². The molecule has 0 fully saturated rings. The van der Waals surface area contributed by atoms with Crippen LogP contribution in [0.2, 0.25) is 0 Å². The lowest BCUT2D eigenvalue weighted by Gasteiger charge is -2.10. The minimum absolute atomic E-state index is 0.241. The first kappa shape index (κ1) is 13.0. The van der Waals surface area contributed by atoms with Crippen LogP contribution in [0.5, 0.6) is 5.75 Å². The lowest BCUT2D eigenvalue weighted by molar-refractivity contribution is -0.136. The van der Waals surface area contributed by atoms with Gasteiger partial charge in [0.1, 0.15) is 17.9 Å². The highest BCUT2D eigenvalue weighted by Crippen LogP contribution is 2.22. The normalized spacial score (nSPS) is 10.4. The molecule has 2 rings (SSSR count). The van der Waals surface area contributed by atoms with Crippen molar-refractivity contribution in [2.24, 2.45) is 0 Å². The monoisotopic (exact) mass is 262 g/mol. The van der Waals surface area contributed by atoms with Gasteiger partial charge in [-0.3, -0.25) is 4.79 Å². The fourth-order valence-electron chi connectivity index (χ4n) is 1.60. The zero-order valence-electron chi connectivity index (χ0n) is 10.5. The van der Waals surface area contributed by atoms with E-state index in [4.69, 9.17) is 9.84 Å². The summed E-state index contributed by atoms with van der Waals surface area (Å²) in [6.07, 6.45) is 0.640. The molecule has 0 aliphatic heterocycles. The van der Waals surface area contributed by atoms with Gasteiger partial charge in [-0.05, 0) is 29.0 Å². The maximum atomic E-state index is 10.8. The summed E-state index contributed by atoms with van der Waals surface area (Å²) < 4.78 is 6.99. The van der Waals surface area contributed by atoms with Crippen LogP contribution in [0.15, 0.2) is 24.3 Å². The molecule has 7 heteroatoms. The number of aromatic nitrogens is 4. The van der Waals surface area contributed by atoms with Gasteiger partial charge >= 0.3 is 5.97 Å². The van der Waals surface area contributed by atoms with Crippen LogP contribution in [-0.4, -0.2) is 37.9 Å². The molecule has 0 aliphatic rings. The Morgan fingerprint density at radius 2 is 2.21 bits per heavy atom. The first-order valence-electron chi connectivity index (χ1n) is 5.93. The van der Waals surface area contributed by atoms with Crippen LogP contribution >= 0.6 is 0 Å². The van der Waals surface area contributed by atoms with Crippen LogP contribution in [0.3, 0.4) is 0 Å². The van der Waals surface area contributed by atoms with Crippen molar-refractivity contribution in [3.05, 3.63) is 30.1 Å². The predicted octanol–water partition coefficient (Wildman–Crippen LogP) is 1.08. The summed E-state index contributed by atoms with van der Waals surface area (Å²) in [4.78, 5) is 10.8. The van der Waals surface area contributed by atoms with Crippen LogP contribution in [0.1, 0.15) is 19.2 Å². The van der Waals surface area contributed by atoms with Gasteiger partial charge in [0.25, 0.3) is 0 Å². The van der Waals surface area contributed by atoms with E-state index in [1.165, 1.54) is 4.68 Å². The van der Waals surface area contributed by atoms with E-state index in [1.807, 2.05) is 19.1 Å². The molecule has 0 atom stereocenters. The lowest BCUT2D eigenvalue weighted by Crippen LogP contribution is -2.10. The van der Waals surface area contributed by atoms with Crippen molar-refractivity contribution >= 4 is 5.97 Å². The Hall–Kier alpha value is -2.44. The number of aliphatic carboxylic acids is 1. The van der Waals surface area contributed by atoms with Gasteiger partial charge in [0.2, 0.25) is 0 Å². The number of benzene rings is 1. The molecule has 0 unspecified atom stereocenters. The number of nitrogens with zero attached hydrogens (tertiary/aromatic N) is 4. The highest BCUT2D eigenvalue weighted by atomic mass is 16.5. The largest absolute Gasteiger partial charge is 0.491 e. The Bertz CT molecular complexity index is 568. The molecular weight excluding hydrogens is 248 g/mol. The number of carbonyl (C=O) groups is 1. The number of hydrogen-bond donors (Lipinski definition) is 1. The molecular formula is C12H14N4O3. The third-order valence-corrected chi connectivity index (χ3v) is 2.40. The van der Waals surface area contributed by atoms with Crippen LogP contribution in [0.4, 0.5) is 0 Å². The second-order valence-electron chi connectivity index (χ2n) is 3.89. The number of carboxylic acids is 1. The molecule has 0 radical (unpaired) electrons. The Balaban J connectivity index is 2.35. The highest BCUT2D eigenvalue weighted by Gasteiger charge is 2.15. The molecule has 0 saturated heterocycles. The molecule has 2 aromatic rings. The summed E-state index contributed by atoms with van der Waals surface area (Å²) >= 11 is 0. The van der Waals surface area contributed by atoms with E-state index >= 15 is 0 Å². The Labute approximate surface area is 109 Å². The highest BCUT2D eigenvalue weighted by molar-refractivity contribution is 5.69. The zero-order valence-corrected chi connectivity index (χ0v) is 10.5. The Morgan fingerprint density at radius 3 is 2.95 bits per heavy atom. The van der Waals surface area contributed by atoms with Gasteiger partial charge in [-0.15, -0.1) is 5.10 Å². The van der Waals surface area contributed by atoms with Crippen molar-refractivity contribution in [2.45, 2.75) is 19.8 Å². The van der Waals surface area contributed by atoms with Crippen molar-refractivity contribution < 1.29 is 14.6 Å². The molecule has 0 spiro atoms. The van der Waals surface area contributed by atoms with E-state index in [1.54, 1.807) is 12.1 Å². The van der Waals surface area contributed by atoms with E-state index < -0.39 is 5.97 Å². The standard InChI is InChI=1S/C12H14N4O3/c1-2-7-19-10-6-4-3-5-9(10)16-11(8-12(17)18)13-14-15-16/h3-6H,2,7-8H2,1H3,(H,17,18). The third kappa shape index (κ3) is 3.06. The van der Waals surface area contributed by atoms with Crippen LogP contribution in [0, 0.1) is 0 Å². The van der Waals surface area contributed by atoms with Crippen molar-refractivity contribution in [3.8, 4) is 11.4 Å². The SMILES string of the molecule is CCCOc1ccccc1-n1nnnc1CC(=O)O. The molecule has 1 N–H and O–H groups in total. The predicted molar refractivity (Wildman–Crippen MR) is 66.3 cm³/mol. The second-order valence-corrected chi connectivity index (χ2v) is 3.89. The molecule has 0 amide bonds. The lowest BCUT2D eigenvalue weighted by atomic mass is 10.3. The molecule has 1 aromatic carbocycles. The minimum atomic E-state index is -0.983. The summed E-state index contributed by atoms with van der Waals surface area (Å²) in [7, 11) is 0. The van der Waals surface area contributed by atoms with Gasteiger partial charge in [-0.25, -0.2) is 0 Å². The van der Waals surface area contributed by atoms with E-state index in [0.717, 1.165) is 6.42 Å². The molecule has 7 nitrogen and oxygen atoms in total. The topological polar surface area (TPSA) is 90.1 Å². The van der Waals surface area contributed by atoms with E-state index in [0.29, 0.717) is 18.0 Å². The molecule has 1 heterocycles. The fourth-order valence-corrected chi connectivity index (χ4v) is 1.60. The summed E-state index contributed by atoms with van der Waals surface area (Å²) in [5, 5.41) is 19.9. The third-order valence-electron chi connectivity index (χ3n) is 2.40. The number of rotatable bonds is 6. The average molecular weight is 262 g/mol. The zero-order chi connectivity index (χ0) is 13.7. The van der Waals surface area contributed by atoms with E-state index in [9.17, 15) is 4.79 Å². The molecule has 19 heavy (non-hydrogen) atoms. The maximum Gasteiger partial charge on any atom is 0.311 e. The molecule has 0 aliphatic carbocycles. The van der Waals surface area contributed by atoms with Gasteiger partial charge in [0, 0.05) is 0 Å². The minimum Gasteiger partial charge on any atom is -0.491 e. The molecule has 0 bridgehead atoms. The summed E-state index contributed by atoms with van der Waals surface area (Å²) in [5.41, 5.74) is 0.636. The molecule has 100 valence electrons. The van der Waals surface area contributed by atoms with E-state index in [2.05, 4.69) is 15.5 Å². The van der Waals surface area contributed by atoms with Gasteiger partial charge in [0.05, 0.1) is 6.61 Å². The van der Waals surface area contributed by atoms with Crippen LogP contribution in [-0.2, 0) is 11.2 Å². The Morgan fingerprint density at radius 1 is 1.42 bits per heavy atom. The van der Waals surface area contributed by atoms with Crippen molar-refractivity contribution in [2.75, 3.05) is 6.61 Å². The number of ether oxygens (including phenoxy) is 1. The number of carboxylic acid groups (broad SMARTS) is 1. The summed E-state index contributed by atoms with van der Waals surface area (Å²) in [6, 6.07) is 7.25. The first-order chi connectivity index (χ1) is 9.22. The molecule has 1 aromatic heterocycles. The number of hydrogen-bond acceptors (Lipinski definition) is 5. The van der Waals surface area contributed by atoms with Crippen molar-refractivity contribution in [1.29, 1.82) is 0 Å². The number of tetrazole rings is 1. The second kappa shape index (κ2) is 5.94. The maximum absolute atomic E-state index is 10.8. The van der Waals surface area contributed by atoms with Gasteiger partial charge in [-0.2, -0.15) is 4.68 Å². The van der Waals surface area contributed by atoms with Crippen LogP contribution in [0.25, 0.3) is 5.69 Å². The quantitative estimate of drug-likeness (QED) is 0.837. The van der Waals surface area contributed by atoms with Crippen molar-refractivity contribution in [1.82, 2.24) is 20.2 Å². The van der Waals surface area contributed by atoms with Gasteiger partial charge < -0.3 is 9.84 Å². The summed E-state index contributed by atoms with van der Waals surface area (Å²) in [6.45, 7) is 2.59. The fraction of sp³-hybridized carbons (Fsp3) is 0.333. The van der Waals surface area contributed by atoms with Crippen molar-refractivity contribution in [3.63, 3.8) is 0 Å². The van der Waals surface area contributed by atoms with E-state index in [-0.39, 0.29) is 12.2 Å². The smallest absolute Gasteiger partial charge is 0.311 e. The Kier molecular flexibility index (Phi) is 4.07. The first-order valence-corrected chi connectivity index (χ1v) is 5.93.